The Morgan fingerprint density at radius 1 is 1.26 bits per heavy atom. The molecule has 0 spiro atoms. The van der Waals surface area contributed by atoms with E-state index in [0.717, 1.165) is 6.92 Å². The van der Waals surface area contributed by atoms with E-state index in [2.05, 4.69) is 13.1 Å². The zero-order valence-corrected chi connectivity index (χ0v) is 18.5. The van der Waals surface area contributed by atoms with E-state index in [1.54, 1.807) is 0 Å². The molecule has 15 nitrogen and oxygen atoms in total. The number of alkyl halides is 1. The third-order valence-corrected chi connectivity index (χ3v) is 7.80. The summed E-state index contributed by atoms with van der Waals surface area (Å²) in [6.45, 7) is -0.311. The maximum atomic E-state index is 14.6. The number of aromatic nitrogens is 2. The molecule has 1 saturated heterocycles. The van der Waals surface area contributed by atoms with Gasteiger partial charge in [-0.15, -0.1) is 0 Å². The van der Waals surface area contributed by atoms with Crippen molar-refractivity contribution in [2.45, 2.75) is 31.0 Å². The van der Waals surface area contributed by atoms with Crippen LogP contribution in [0.3, 0.4) is 0 Å². The zero-order valence-electron chi connectivity index (χ0n) is 15.0. The molecule has 1 aliphatic heterocycles. The maximum absolute atomic E-state index is 14.6. The van der Waals surface area contributed by atoms with Crippen molar-refractivity contribution in [3.63, 3.8) is 0 Å². The van der Waals surface area contributed by atoms with Gasteiger partial charge in [-0.3, -0.25) is 18.9 Å². The number of phosphoric ester groups is 1. The Hall–Kier alpha value is -0.710. The molecule has 6 N–H and O–H groups in total. The first-order chi connectivity index (χ1) is 13.8. The maximum Gasteiger partial charge on any atom is 0.490 e. The average Bonchev–Trinajstić information content (AvgIpc) is 2.76. The zero-order chi connectivity index (χ0) is 24.0. The van der Waals surface area contributed by atoms with Crippen LogP contribution in [0.5, 0.6) is 0 Å². The molecule has 2 rings (SSSR count). The topological polar surface area (TPSA) is 227 Å². The number of H-pyrrole nitrogens is 1. The molecule has 1 aliphatic rings. The lowest BCUT2D eigenvalue weighted by atomic mass is 9.98. The summed E-state index contributed by atoms with van der Waals surface area (Å²) in [6, 6.07) is 0. The molecule has 2 heterocycles. The molecule has 1 aromatic rings. The highest BCUT2D eigenvalue weighted by Crippen LogP contribution is 2.66. The first kappa shape index (κ1) is 26.5. The summed E-state index contributed by atoms with van der Waals surface area (Å²) in [5, 5.41) is 10.4. The van der Waals surface area contributed by atoms with E-state index in [-0.39, 0.29) is 0 Å². The fraction of sp³-hybridized carbons (Fsp3) is 0.600. The molecule has 178 valence electrons. The van der Waals surface area contributed by atoms with Gasteiger partial charge in [0.25, 0.3) is 5.56 Å². The van der Waals surface area contributed by atoms with Crippen molar-refractivity contribution in [2.24, 2.45) is 0 Å². The molecule has 0 aromatic carbocycles. The van der Waals surface area contributed by atoms with Gasteiger partial charge < -0.3 is 29.4 Å². The van der Waals surface area contributed by atoms with Crippen molar-refractivity contribution in [3.05, 3.63) is 27.1 Å². The molecule has 0 aliphatic carbocycles. The van der Waals surface area contributed by atoms with Crippen LogP contribution in [0.1, 0.15) is 13.2 Å². The van der Waals surface area contributed by atoms with Gasteiger partial charge in [0.1, 0.15) is 11.7 Å². The number of hydrogen-bond donors (Lipinski definition) is 6. The summed E-state index contributed by atoms with van der Waals surface area (Å²) in [6.07, 6.45) is -5.46. The SMILES string of the molecule is CC1(O)C(F)C(COP(=O)(O)OP(=O)(O)OP(=O)(O)O)OC1n1cc(F)c(=O)[nH]c1=S. The fourth-order valence-corrected chi connectivity index (χ4v) is 5.73. The summed E-state index contributed by atoms with van der Waals surface area (Å²) in [5.74, 6) is -1.35. The highest BCUT2D eigenvalue weighted by atomic mass is 32.1. The number of phosphoric acid groups is 3. The highest BCUT2D eigenvalue weighted by molar-refractivity contribution is 7.71. The molecule has 0 amide bonds. The van der Waals surface area contributed by atoms with Crippen LogP contribution < -0.4 is 5.56 Å². The van der Waals surface area contributed by atoms with Gasteiger partial charge in [0.05, 0.1) is 12.8 Å². The number of aliphatic hydroxyl groups is 1. The Kier molecular flexibility index (Phi) is 7.63. The van der Waals surface area contributed by atoms with Crippen LogP contribution in [-0.4, -0.2) is 58.7 Å². The number of hydrogen-bond acceptors (Lipinski definition) is 10. The number of nitrogens with zero attached hydrogens (tertiary/aromatic N) is 1. The molecule has 1 fully saturated rings. The monoisotopic (exact) mass is 534 g/mol. The Labute approximate surface area is 175 Å². The molecular weight excluding hydrogens is 519 g/mol. The van der Waals surface area contributed by atoms with E-state index in [4.69, 9.17) is 31.6 Å². The van der Waals surface area contributed by atoms with Crippen molar-refractivity contribution in [2.75, 3.05) is 6.61 Å². The molecular formula is C10H15F2N2O13P3S. The van der Waals surface area contributed by atoms with Crippen molar-refractivity contribution in [3.8, 4) is 0 Å². The van der Waals surface area contributed by atoms with Gasteiger partial charge >= 0.3 is 23.5 Å². The molecule has 6 atom stereocenters. The molecule has 0 bridgehead atoms. The number of rotatable bonds is 8. The van der Waals surface area contributed by atoms with E-state index in [0.29, 0.717) is 10.8 Å². The minimum absolute atomic E-state index is 0.461. The second-order valence-electron chi connectivity index (χ2n) is 6.18. The van der Waals surface area contributed by atoms with Gasteiger partial charge in [0.2, 0.25) is 5.82 Å². The second kappa shape index (κ2) is 8.91. The van der Waals surface area contributed by atoms with Crippen molar-refractivity contribution in [1.29, 1.82) is 0 Å². The van der Waals surface area contributed by atoms with Gasteiger partial charge in [-0.1, -0.05) is 0 Å². The fourth-order valence-electron chi connectivity index (χ4n) is 2.46. The van der Waals surface area contributed by atoms with Crippen LogP contribution in [0, 0.1) is 10.6 Å². The van der Waals surface area contributed by atoms with Crippen LogP contribution in [0.2, 0.25) is 0 Å². The van der Waals surface area contributed by atoms with Crippen LogP contribution in [-0.2, 0) is 31.6 Å². The number of ether oxygens (including phenoxy) is 1. The third kappa shape index (κ3) is 6.65. The summed E-state index contributed by atoms with van der Waals surface area (Å²) in [4.78, 5) is 48.5. The molecule has 0 saturated carbocycles. The van der Waals surface area contributed by atoms with Crippen molar-refractivity contribution < 1.29 is 65.0 Å². The predicted molar refractivity (Wildman–Crippen MR) is 95.1 cm³/mol. The van der Waals surface area contributed by atoms with Crippen LogP contribution in [0.25, 0.3) is 0 Å². The van der Waals surface area contributed by atoms with Crippen LogP contribution in [0.15, 0.2) is 11.0 Å². The molecule has 21 heteroatoms. The Balaban J connectivity index is 2.17. The lowest BCUT2D eigenvalue weighted by Crippen LogP contribution is -2.42. The predicted octanol–water partition coefficient (Wildman–Crippen LogP) is 0.375. The van der Waals surface area contributed by atoms with Gasteiger partial charge in [0.15, 0.2) is 17.2 Å². The van der Waals surface area contributed by atoms with Crippen molar-refractivity contribution >= 4 is 35.7 Å². The summed E-state index contributed by atoms with van der Waals surface area (Å²) in [7, 11) is -17.0. The third-order valence-electron chi connectivity index (χ3n) is 3.68. The quantitative estimate of drug-likeness (QED) is 0.196. The summed E-state index contributed by atoms with van der Waals surface area (Å²) in [5.41, 5.74) is -3.63. The summed E-state index contributed by atoms with van der Waals surface area (Å²) >= 11 is 4.80. The smallest absolute Gasteiger partial charge is 0.382 e. The standard InChI is InChI=1S/C10H15F2N2O13P3S/c1-10(16)6(12)5(25-8(10)14-2-4(11)7(15)13-9(14)31)3-24-29(20,21)27-30(22,23)26-28(17,18)19/h2,5-6,8,16H,3H2,1H3,(H,20,21)(H,22,23)(H,13,15,31)(H2,17,18,19). The first-order valence-corrected chi connectivity index (χ1v) is 12.6. The van der Waals surface area contributed by atoms with E-state index < -0.39 is 70.3 Å². The largest absolute Gasteiger partial charge is 0.490 e. The highest BCUT2D eigenvalue weighted by Gasteiger charge is 2.55. The lowest BCUT2D eigenvalue weighted by Gasteiger charge is -2.27. The summed E-state index contributed by atoms with van der Waals surface area (Å²) < 4.78 is 78.4. The van der Waals surface area contributed by atoms with E-state index in [1.807, 2.05) is 4.98 Å². The Morgan fingerprint density at radius 3 is 2.39 bits per heavy atom. The Bertz CT molecular complexity index is 1100. The molecule has 0 radical (unpaired) electrons. The average molecular weight is 534 g/mol. The number of halogens is 2. The molecule has 1 aromatic heterocycles. The molecule has 6 unspecified atom stereocenters. The minimum atomic E-state index is -5.79. The number of aromatic amines is 1. The van der Waals surface area contributed by atoms with Gasteiger partial charge in [0, 0.05) is 0 Å². The number of nitrogens with one attached hydrogen (secondary N) is 1. The first-order valence-electron chi connectivity index (χ1n) is 7.66. The normalized spacial score (nSPS) is 30.6. The van der Waals surface area contributed by atoms with Gasteiger partial charge in [-0.05, 0) is 19.1 Å². The lowest BCUT2D eigenvalue weighted by molar-refractivity contribution is -0.0924. The van der Waals surface area contributed by atoms with Gasteiger partial charge in [-0.25, -0.2) is 18.1 Å². The van der Waals surface area contributed by atoms with E-state index in [1.165, 1.54) is 0 Å². The van der Waals surface area contributed by atoms with E-state index >= 15 is 0 Å². The second-order valence-corrected chi connectivity index (χ2v) is 11.0. The molecule has 31 heavy (non-hydrogen) atoms. The minimum Gasteiger partial charge on any atom is -0.382 e. The Morgan fingerprint density at radius 2 is 1.84 bits per heavy atom. The van der Waals surface area contributed by atoms with Gasteiger partial charge in [-0.2, -0.15) is 13.0 Å². The van der Waals surface area contributed by atoms with Crippen LogP contribution >= 0.6 is 35.7 Å². The van der Waals surface area contributed by atoms with E-state index in [9.17, 15) is 37.3 Å². The van der Waals surface area contributed by atoms with Crippen molar-refractivity contribution in [1.82, 2.24) is 9.55 Å². The van der Waals surface area contributed by atoms with Crippen LogP contribution in [0.4, 0.5) is 8.78 Å².